The standard InChI is InChI=1S/C22H16Cl2IN3O2/c23-14-8-9-20(17(24)10-14)30-13-21-27-18-6-1-2-7-19(18)28(21)12-22(29)26-16-5-3-4-15(25)11-16/h1-11H,12-13H2,(H,26,29). The van der Waals surface area contributed by atoms with Gasteiger partial charge in [0.15, 0.2) is 0 Å². The summed E-state index contributed by atoms with van der Waals surface area (Å²) in [7, 11) is 0. The number of benzene rings is 3. The van der Waals surface area contributed by atoms with Crippen LogP contribution < -0.4 is 10.1 Å². The third-order valence-corrected chi connectivity index (χ3v) is 5.60. The number of amides is 1. The number of carbonyl (C=O) groups excluding carboxylic acids is 1. The monoisotopic (exact) mass is 551 g/mol. The van der Waals surface area contributed by atoms with Crippen molar-refractivity contribution < 1.29 is 9.53 Å². The van der Waals surface area contributed by atoms with Crippen LogP contribution in [0.3, 0.4) is 0 Å². The zero-order chi connectivity index (χ0) is 21.1. The van der Waals surface area contributed by atoms with Gasteiger partial charge in [0.25, 0.3) is 0 Å². The lowest BCUT2D eigenvalue weighted by Gasteiger charge is -2.12. The van der Waals surface area contributed by atoms with Gasteiger partial charge in [0.05, 0.1) is 16.1 Å². The molecule has 1 aromatic heterocycles. The van der Waals surface area contributed by atoms with E-state index >= 15 is 0 Å². The van der Waals surface area contributed by atoms with Crippen molar-refractivity contribution in [3.05, 3.63) is 86.2 Å². The predicted octanol–water partition coefficient (Wildman–Crippen LogP) is 6.17. The van der Waals surface area contributed by atoms with Crippen molar-refractivity contribution in [2.24, 2.45) is 0 Å². The Labute approximate surface area is 197 Å². The Bertz CT molecular complexity index is 1230. The van der Waals surface area contributed by atoms with Gasteiger partial charge in [-0.1, -0.05) is 41.4 Å². The summed E-state index contributed by atoms with van der Waals surface area (Å²) in [6.07, 6.45) is 0. The molecule has 1 heterocycles. The second-order valence-electron chi connectivity index (χ2n) is 6.52. The third-order valence-electron chi connectivity index (χ3n) is 4.39. The molecule has 4 aromatic rings. The van der Waals surface area contributed by atoms with E-state index in [1.807, 2.05) is 53.1 Å². The minimum atomic E-state index is -0.147. The Morgan fingerprint density at radius 3 is 2.70 bits per heavy atom. The highest BCUT2D eigenvalue weighted by molar-refractivity contribution is 14.1. The number of nitrogens with zero attached hydrogens (tertiary/aromatic N) is 2. The average molecular weight is 552 g/mol. The van der Waals surface area contributed by atoms with Crippen LogP contribution in [0, 0.1) is 3.57 Å². The lowest BCUT2D eigenvalue weighted by atomic mass is 10.3. The predicted molar refractivity (Wildman–Crippen MR) is 128 cm³/mol. The Kier molecular flexibility index (Phi) is 6.46. The number of hydrogen-bond donors (Lipinski definition) is 1. The highest BCUT2D eigenvalue weighted by atomic mass is 127. The van der Waals surface area contributed by atoms with E-state index < -0.39 is 0 Å². The molecule has 0 aliphatic heterocycles. The van der Waals surface area contributed by atoms with Crippen molar-refractivity contribution in [1.82, 2.24) is 9.55 Å². The fourth-order valence-corrected chi connectivity index (χ4v) is 4.06. The Hall–Kier alpha value is -2.29. The van der Waals surface area contributed by atoms with E-state index in [1.54, 1.807) is 18.2 Å². The average Bonchev–Trinajstić information content (AvgIpc) is 3.05. The van der Waals surface area contributed by atoms with Gasteiger partial charge < -0.3 is 14.6 Å². The lowest BCUT2D eigenvalue weighted by molar-refractivity contribution is -0.116. The number of carbonyl (C=O) groups is 1. The van der Waals surface area contributed by atoms with Crippen molar-refractivity contribution in [2.75, 3.05) is 5.32 Å². The van der Waals surface area contributed by atoms with E-state index in [1.165, 1.54) is 0 Å². The number of fused-ring (bicyclic) bond motifs is 1. The second-order valence-corrected chi connectivity index (χ2v) is 8.61. The number of nitrogens with one attached hydrogen (secondary N) is 1. The van der Waals surface area contributed by atoms with Crippen molar-refractivity contribution in [3.8, 4) is 5.75 Å². The molecule has 1 N–H and O–H groups in total. The number of hydrogen-bond acceptors (Lipinski definition) is 3. The van der Waals surface area contributed by atoms with E-state index in [9.17, 15) is 4.79 Å². The fraction of sp³-hybridized carbons (Fsp3) is 0.0909. The summed E-state index contributed by atoms with van der Waals surface area (Å²) >= 11 is 14.4. The molecule has 0 bridgehead atoms. The van der Waals surface area contributed by atoms with Crippen LogP contribution in [0.4, 0.5) is 5.69 Å². The van der Waals surface area contributed by atoms with Crippen LogP contribution in [-0.4, -0.2) is 15.5 Å². The molecule has 3 aromatic carbocycles. The molecule has 1 amide bonds. The zero-order valence-electron chi connectivity index (χ0n) is 15.6. The first-order valence-electron chi connectivity index (χ1n) is 9.07. The highest BCUT2D eigenvalue weighted by Gasteiger charge is 2.15. The van der Waals surface area contributed by atoms with Gasteiger partial charge in [-0.3, -0.25) is 4.79 Å². The summed E-state index contributed by atoms with van der Waals surface area (Å²) in [6.45, 7) is 0.269. The molecule has 0 atom stereocenters. The zero-order valence-corrected chi connectivity index (χ0v) is 19.3. The molecule has 0 saturated carbocycles. The molecule has 0 radical (unpaired) electrons. The smallest absolute Gasteiger partial charge is 0.244 e. The Morgan fingerprint density at radius 2 is 1.90 bits per heavy atom. The lowest BCUT2D eigenvalue weighted by Crippen LogP contribution is -2.20. The van der Waals surface area contributed by atoms with Crippen LogP contribution in [0.15, 0.2) is 66.7 Å². The molecule has 5 nitrogen and oxygen atoms in total. The molecular weight excluding hydrogens is 536 g/mol. The first-order valence-corrected chi connectivity index (χ1v) is 10.9. The molecule has 0 spiro atoms. The molecule has 30 heavy (non-hydrogen) atoms. The maximum atomic E-state index is 12.7. The van der Waals surface area contributed by atoms with Gasteiger partial charge >= 0.3 is 0 Å². The van der Waals surface area contributed by atoms with Crippen LogP contribution >= 0.6 is 45.8 Å². The molecule has 0 saturated heterocycles. The summed E-state index contributed by atoms with van der Waals surface area (Å²) in [5.41, 5.74) is 2.40. The first kappa shape index (κ1) is 21.0. The van der Waals surface area contributed by atoms with Crippen LogP contribution in [0.1, 0.15) is 5.82 Å². The number of aromatic nitrogens is 2. The van der Waals surface area contributed by atoms with Gasteiger partial charge in [-0.25, -0.2) is 4.98 Å². The van der Waals surface area contributed by atoms with E-state index in [4.69, 9.17) is 27.9 Å². The van der Waals surface area contributed by atoms with Gasteiger partial charge in [0, 0.05) is 14.3 Å². The molecule has 0 fully saturated rings. The molecule has 152 valence electrons. The third kappa shape index (κ3) is 4.88. The molecule has 0 unspecified atom stereocenters. The number of anilines is 1. The fourth-order valence-electron chi connectivity index (χ4n) is 3.06. The number of imidazole rings is 1. The van der Waals surface area contributed by atoms with Gasteiger partial charge in [-0.15, -0.1) is 0 Å². The van der Waals surface area contributed by atoms with Gasteiger partial charge in [-0.05, 0) is 71.1 Å². The van der Waals surface area contributed by atoms with E-state index in [0.717, 1.165) is 20.3 Å². The Balaban J connectivity index is 1.57. The molecule has 0 aliphatic rings. The summed E-state index contributed by atoms with van der Waals surface area (Å²) < 4.78 is 8.76. The van der Waals surface area contributed by atoms with Crippen molar-refractivity contribution in [2.45, 2.75) is 13.2 Å². The molecule has 0 aliphatic carbocycles. The van der Waals surface area contributed by atoms with Gasteiger partial charge in [0.2, 0.25) is 5.91 Å². The highest BCUT2D eigenvalue weighted by Crippen LogP contribution is 2.28. The normalized spacial score (nSPS) is 10.9. The number of halogens is 3. The minimum Gasteiger partial charge on any atom is -0.484 e. The van der Waals surface area contributed by atoms with Crippen LogP contribution in [0.2, 0.25) is 10.0 Å². The Morgan fingerprint density at radius 1 is 1.07 bits per heavy atom. The van der Waals surface area contributed by atoms with Gasteiger partial charge in [0.1, 0.15) is 24.7 Å². The van der Waals surface area contributed by atoms with Crippen LogP contribution in [0.5, 0.6) is 5.75 Å². The van der Waals surface area contributed by atoms with Crippen molar-refractivity contribution >= 4 is 68.4 Å². The first-order chi connectivity index (χ1) is 14.5. The summed E-state index contributed by atoms with van der Waals surface area (Å²) in [5, 5.41) is 3.89. The van der Waals surface area contributed by atoms with Gasteiger partial charge in [-0.2, -0.15) is 0 Å². The van der Waals surface area contributed by atoms with Crippen LogP contribution in [0.25, 0.3) is 11.0 Å². The minimum absolute atomic E-state index is 0.110. The molecular formula is C22H16Cl2IN3O2. The van der Waals surface area contributed by atoms with Crippen molar-refractivity contribution in [3.63, 3.8) is 0 Å². The SMILES string of the molecule is O=C(Cn1c(COc2ccc(Cl)cc2Cl)nc2ccccc21)Nc1cccc(I)c1. The van der Waals surface area contributed by atoms with E-state index in [-0.39, 0.29) is 19.1 Å². The number of para-hydroxylation sites is 2. The topological polar surface area (TPSA) is 56.2 Å². The summed E-state index contributed by atoms with van der Waals surface area (Å²) in [4.78, 5) is 17.4. The van der Waals surface area contributed by atoms with Crippen molar-refractivity contribution in [1.29, 1.82) is 0 Å². The second kappa shape index (κ2) is 9.24. The largest absolute Gasteiger partial charge is 0.484 e. The quantitative estimate of drug-likeness (QED) is 0.292. The number of rotatable bonds is 6. The van der Waals surface area contributed by atoms with E-state index in [0.29, 0.717) is 21.6 Å². The molecule has 8 heteroatoms. The van der Waals surface area contributed by atoms with E-state index in [2.05, 4.69) is 32.9 Å². The summed E-state index contributed by atoms with van der Waals surface area (Å²) in [5.74, 6) is 0.980. The van der Waals surface area contributed by atoms with Crippen LogP contribution in [-0.2, 0) is 17.9 Å². The maximum absolute atomic E-state index is 12.7. The summed E-state index contributed by atoms with van der Waals surface area (Å²) in [6, 6.07) is 20.3. The molecule has 4 rings (SSSR count). The maximum Gasteiger partial charge on any atom is 0.244 e. The number of ether oxygens (including phenoxy) is 1.